The van der Waals surface area contributed by atoms with Crippen molar-refractivity contribution in [2.24, 2.45) is 11.7 Å². The molecule has 0 saturated heterocycles. The first kappa shape index (κ1) is 11.3. The molecule has 0 heterocycles. The SMILES string of the molecule is NC(c1cccc(F)c1)C1CCC(=O)CC1. The lowest BCUT2D eigenvalue weighted by Gasteiger charge is -2.27. The number of hydrogen-bond acceptors (Lipinski definition) is 2. The Morgan fingerprint density at radius 3 is 2.62 bits per heavy atom. The fourth-order valence-electron chi connectivity index (χ4n) is 2.31. The summed E-state index contributed by atoms with van der Waals surface area (Å²) in [6.07, 6.45) is 2.90. The molecule has 1 aliphatic rings. The number of carbonyl (C=O) groups is 1. The second kappa shape index (κ2) is 4.74. The average molecular weight is 221 g/mol. The number of benzene rings is 1. The Kier molecular flexibility index (Phi) is 3.34. The molecule has 0 radical (unpaired) electrons. The van der Waals surface area contributed by atoms with E-state index in [0.29, 0.717) is 24.5 Å². The van der Waals surface area contributed by atoms with Gasteiger partial charge in [0.15, 0.2) is 0 Å². The summed E-state index contributed by atoms with van der Waals surface area (Å²) in [5, 5.41) is 0. The van der Waals surface area contributed by atoms with Crippen LogP contribution < -0.4 is 5.73 Å². The number of hydrogen-bond donors (Lipinski definition) is 1. The summed E-state index contributed by atoms with van der Waals surface area (Å²) in [4.78, 5) is 11.1. The van der Waals surface area contributed by atoms with E-state index in [9.17, 15) is 9.18 Å². The molecule has 2 rings (SSSR count). The van der Waals surface area contributed by atoms with Crippen molar-refractivity contribution in [2.75, 3.05) is 0 Å². The minimum Gasteiger partial charge on any atom is -0.324 e. The largest absolute Gasteiger partial charge is 0.324 e. The van der Waals surface area contributed by atoms with E-state index in [2.05, 4.69) is 0 Å². The Labute approximate surface area is 94.6 Å². The zero-order valence-electron chi connectivity index (χ0n) is 9.16. The van der Waals surface area contributed by atoms with Crippen LogP contribution in [0.2, 0.25) is 0 Å². The normalized spacial score (nSPS) is 19.8. The van der Waals surface area contributed by atoms with Crippen LogP contribution in [-0.4, -0.2) is 5.78 Å². The summed E-state index contributed by atoms with van der Waals surface area (Å²) >= 11 is 0. The molecule has 1 aromatic rings. The number of Topliss-reactive ketones (excluding diaryl/α,β-unsaturated/α-hetero) is 1. The Hall–Kier alpha value is -1.22. The minimum atomic E-state index is -0.250. The molecule has 16 heavy (non-hydrogen) atoms. The lowest BCUT2D eigenvalue weighted by molar-refractivity contribution is -0.121. The van der Waals surface area contributed by atoms with E-state index in [1.54, 1.807) is 6.07 Å². The Morgan fingerprint density at radius 2 is 2.00 bits per heavy atom. The predicted molar refractivity (Wildman–Crippen MR) is 60.3 cm³/mol. The molecule has 1 aromatic carbocycles. The minimum absolute atomic E-state index is 0.149. The third kappa shape index (κ3) is 2.47. The van der Waals surface area contributed by atoms with Crippen LogP contribution in [0.4, 0.5) is 4.39 Å². The van der Waals surface area contributed by atoms with Crippen LogP contribution in [0.15, 0.2) is 24.3 Å². The van der Waals surface area contributed by atoms with Crippen molar-refractivity contribution in [1.82, 2.24) is 0 Å². The maximum absolute atomic E-state index is 13.0. The fourth-order valence-corrected chi connectivity index (χ4v) is 2.31. The van der Waals surface area contributed by atoms with Gasteiger partial charge in [-0.1, -0.05) is 12.1 Å². The van der Waals surface area contributed by atoms with Crippen molar-refractivity contribution < 1.29 is 9.18 Å². The molecule has 2 N–H and O–H groups in total. The highest BCUT2D eigenvalue weighted by Gasteiger charge is 2.25. The summed E-state index contributed by atoms with van der Waals surface area (Å²) in [5.41, 5.74) is 6.94. The van der Waals surface area contributed by atoms with E-state index in [0.717, 1.165) is 18.4 Å². The van der Waals surface area contributed by atoms with Crippen molar-refractivity contribution in [3.05, 3.63) is 35.6 Å². The van der Waals surface area contributed by atoms with Gasteiger partial charge in [0.05, 0.1) is 0 Å². The molecule has 0 amide bonds. The van der Waals surface area contributed by atoms with Gasteiger partial charge in [-0.15, -0.1) is 0 Å². The van der Waals surface area contributed by atoms with Crippen LogP contribution >= 0.6 is 0 Å². The highest BCUT2D eigenvalue weighted by Crippen LogP contribution is 2.31. The van der Waals surface area contributed by atoms with Gasteiger partial charge in [0.2, 0.25) is 0 Å². The smallest absolute Gasteiger partial charge is 0.132 e. The molecule has 1 fully saturated rings. The molecule has 0 aromatic heterocycles. The summed E-state index contributed by atoms with van der Waals surface area (Å²) in [6.45, 7) is 0. The maximum atomic E-state index is 13.0. The first-order valence-corrected chi connectivity index (χ1v) is 5.69. The maximum Gasteiger partial charge on any atom is 0.132 e. The number of nitrogens with two attached hydrogens (primary N) is 1. The number of carbonyl (C=O) groups excluding carboxylic acids is 1. The molecule has 2 nitrogen and oxygen atoms in total. The van der Waals surface area contributed by atoms with Crippen LogP contribution in [0.25, 0.3) is 0 Å². The molecule has 3 heteroatoms. The summed E-state index contributed by atoms with van der Waals surface area (Å²) in [6, 6.07) is 6.29. The van der Waals surface area contributed by atoms with Gasteiger partial charge in [-0.2, -0.15) is 0 Å². The van der Waals surface area contributed by atoms with Gasteiger partial charge in [-0.3, -0.25) is 4.79 Å². The van der Waals surface area contributed by atoms with Crippen LogP contribution in [0.3, 0.4) is 0 Å². The van der Waals surface area contributed by atoms with E-state index in [-0.39, 0.29) is 11.9 Å². The van der Waals surface area contributed by atoms with Crippen LogP contribution in [-0.2, 0) is 4.79 Å². The first-order valence-electron chi connectivity index (χ1n) is 5.69. The predicted octanol–water partition coefficient (Wildman–Crippen LogP) is 2.58. The summed E-state index contributed by atoms with van der Waals surface area (Å²) in [5.74, 6) is 0.377. The highest BCUT2D eigenvalue weighted by molar-refractivity contribution is 5.79. The molecule has 0 bridgehead atoms. The molecule has 0 aliphatic heterocycles. The van der Waals surface area contributed by atoms with Crippen LogP contribution in [0.1, 0.15) is 37.3 Å². The van der Waals surface area contributed by atoms with Crippen molar-refractivity contribution in [3.63, 3.8) is 0 Å². The quantitative estimate of drug-likeness (QED) is 0.834. The molecular weight excluding hydrogens is 205 g/mol. The van der Waals surface area contributed by atoms with Gasteiger partial charge in [0.1, 0.15) is 11.6 Å². The Morgan fingerprint density at radius 1 is 1.31 bits per heavy atom. The van der Waals surface area contributed by atoms with E-state index in [1.807, 2.05) is 6.07 Å². The van der Waals surface area contributed by atoms with Gasteiger partial charge >= 0.3 is 0 Å². The average Bonchev–Trinajstić information content (AvgIpc) is 2.29. The first-order chi connectivity index (χ1) is 7.66. The van der Waals surface area contributed by atoms with E-state index >= 15 is 0 Å². The van der Waals surface area contributed by atoms with Crippen LogP contribution in [0, 0.1) is 11.7 Å². The zero-order valence-corrected chi connectivity index (χ0v) is 9.16. The topological polar surface area (TPSA) is 43.1 Å². The molecule has 1 atom stereocenters. The third-order valence-electron chi connectivity index (χ3n) is 3.33. The van der Waals surface area contributed by atoms with Gasteiger partial charge in [-0.25, -0.2) is 4.39 Å². The Balaban J connectivity index is 2.07. The van der Waals surface area contributed by atoms with Crippen LogP contribution in [0.5, 0.6) is 0 Å². The van der Waals surface area contributed by atoms with Gasteiger partial charge < -0.3 is 5.73 Å². The molecule has 86 valence electrons. The van der Waals surface area contributed by atoms with E-state index in [1.165, 1.54) is 12.1 Å². The molecule has 1 aliphatic carbocycles. The molecule has 1 saturated carbocycles. The zero-order chi connectivity index (χ0) is 11.5. The van der Waals surface area contributed by atoms with Crippen molar-refractivity contribution in [1.29, 1.82) is 0 Å². The van der Waals surface area contributed by atoms with Gasteiger partial charge in [0, 0.05) is 18.9 Å². The summed E-state index contributed by atoms with van der Waals surface area (Å²) in [7, 11) is 0. The fraction of sp³-hybridized carbons (Fsp3) is 0.462. The third-order valence-corrected chi connectivity index (χ3v) is 3.33. The highest BCUT2D eigenvalue weighted by atomic mass is 19.1. The van der Waals surface area contributed by atoms with Gasteiger partial charge in [0.25, 0.3) is 0 Å². The number of rotatable bonds is 2. The second-order valence-electron chi connectivity index (χ2n) is 4.46. The van der Waals surface area contributed by atoms with E-state index in [4.69, 9.17) is 5.73 Å². The lowest BCUT2D eigenvalue weighted by Crippen LogP contribution is -2.26. The van der Waals surface area contributed by atoms with E-state index < -0.39 is 0 Å². The molecule has 1 unspecified atom stereocenters. The number of ketones is 1. The Bertz CT molecular complexity index is 381. The van der Waals surface area contributed by atoms with Crippen molar-refractivity contribution in [3.8, 4) is 0 Å². The lowest BCUT2D eigenvalue weighted by atomic mass is 9.81. The molecule has 0 spiro atoms. The molecular formula is C13H16FNO. The van der Waals surface area contributed by atoms with Crippen molar-refractivity contribution in [2.45, 2.75) is 31.7 Å². The van der Waals surface area contributed by atoms with Gasteiger partial charge in [-0.05, 0) is 36.5 Å². The standard InChI is InChI=1S/C13H16FNO/c14-11-3-1-2-10(8-11)13(15)9-4-6-12(16)7-5-9/h1-3,8-9,13H,4-7,15H2. The van der Waals surface area contributed by atoms with Crippen molar-refractivity contribution >= 4 is 5.78 Å². The number of halogens is 1. The summed E-state index contributed by atoms with van der Waals surface area (Å²) < 4.78 is 13.0. The second-order valence-corrected chi connectivity index (χ2v) is 4.46. The monoisotopic (exact) mass is 221 g/mol.